The Labute approximate surface area is 156 Å². The average Bonchev–Trinajstić information content (AvgIpc) is 2.65. The Kier molecular flexibility index (Phi) is 7.10. The first-order valence-electron chi connectivity index (χ1n) is 8.16. The number of methoxy groups -OCH3 is 1. The maximum atomic E-state index is 12.5. The summed E-state index contributed by atoms with van der Waals surface area (Å²) in [4.78, 5) is 12.0. The normalized spacial score (nSPS) is 11.3. The molecule has 2 aromatic rings. The van der Waals surface area contributed by atoms with Gasteiger partial charge in [0.05, 0.1) is 19.4 Å². The molecule has 0 aromatic heterocycles. The number of alkyl halides is 2. The Morgan fingerprint density at radius 2 is 2.00 bits per heavy atom. The number of benzene rings is 2. The van der Waals surface area contributed by atoms with Crippen molar-refractivity contribution < 1.29 is 23.0 Å². The smallest absolute Gasteiger partial charge is 0.387 e. The topological polar surface area (TPSA) is 72.0 Å². The highest BCUT2D eigenvalue weighted by molar-refractivity contribution is 6.01. The summed E-state index contributed by atoms with van der Waals surface area (Å²) < 4.78 is 34.7. The molecule has 2 N–H and O–H groups in total. The van der Waals surface area contributed by atoms with Crippen LogP contribution in [-0.4, -0.2) is 31.9 Å². The van der Waals surface area contributed by atoms with E-state index in [-0.39, 0.29) is 18.2 Å². The molecule has 0 bridgehead atoms. The fourth-order valence-electron chi connectivity index (χ4n) is 2.29. The van der Waals surface area contributed by atoms with Crippen LogP contribution < -0.4 is 20.2 Å². The molecule has 0 heterocycles. The molecular weight excluding hydrogens is 356 g/mol. The lowest BCUT2D eigenvalue weighted by Crippen LogP contribution is -2.26. The second kappa shape index (κ2) is 9.51. The lowest BCUT2D eigenvalue weighted by molar-refractivity contribution is -0.119. The van der Waals surface area contributed by atoms with Gasteiger partial charge in [0, 0.05) is 17.3 Å². The third kappa shape index (κ3) is 6.25. The number of anilines is 1. The number of nitrogens with zero attached hydrogens (tertiary/aromatic N) is 1. The Balaban J connectivity index is 2.00. The van der Waals surface area contributed by atoms with Crippen molar-refractivity contribution in [1.82, 2.24) is 5.43 Å². The van der Waals surface area contributed by atoms with Crippen LogP contribution in [-0.2, 0) is 4.79 Å². The first kappa shape index (κ1) is 20.2. The van der Waals surface area contributed by atoms with Crippen LogP contribution in [0.3, 0.4) is 0 Å². The number of rotatable bonds is 8. The number of nitrogens with one attached hydrogen (secondary N) is 2. The van der Waals surface area contributed by atoms with Gasteiger partial charge in [-0.15, -0.1) is 0 Å². The van der Waals surface area contributed by atoms with Gasteiger partial charge in [-0.2, -0.15) is 13.9 Å². The predicted molar refractivity (Wildman–Crippen MR) is 99.6 cm³/mol. The molecule has 0 unspecified atom stereocenters. The largest absolute Gasteiger partial charge is 0.497 e. The van der Waals surface area contributed by atoms with Crippen LogP contribution in [0.4, 0.5) is 14.5 Å². The van der Waals surface area contributed by atoms with E-state index in [1.165, 1.54) is 6.07 Å². The Morgan fingerprint density at radius 1 is 1.22 bits per heavy atom. The number of carbonyl (C=O) groups excluding carboxylic acids is 1. The summed E-state index contributed by atoms with van der Waals surface area (Å²) in [5, 5.41) is 6.92. The molecule has 27 heavy (non-hydrogen) atoms. The van der Waals surface area contributed by atoms with Crippen molar-refractivity contribution in [2.45, 2.75) is 20.5 Å². The van der Waals surface area contributed by atoms with E-state index < -0.39 is 6.61 Å². The van der Waals surface area contributed by atoms with Crippen LogP contribution in [0.1, 0.15) is 18.1 Å². The van der Waals surface area contributed by atoms with Gasteiger partial charge in [0.2, 0.25) is 0 Å². The Hall–Kier alpha value is -3.16. The van der Waals surface area contributed by atoms with Gasteiger partial charge < -0.3 is 14.8 Å². The number of carbonyl (C=O) groups is 1. The SMILES string of the molecule is COc1cccc(NCC(=O)N/N=C(/C)c2cc(C)ccc2OC(F)F)c1. The number of hydrogen-bond donors (Lipinski definition) is 2. The monoisotopic (exact) mass is 377 g/mol. The van der Waals surface area contributed by atoms with Crippen molar-refractivity contribution in [3.05, 3.63) is 53.6 Å². The summed E-state index contributed by atoms with van der Waals surface area (Å²) in [5.74, 6) is 0.280. The fourth-order valence-corrected chi connectivity index (χ4v) is 2.29. The summed E-state index contributed by atoms with van der Waals surface area (Å²) in [5.41, 5.74) is 4.70. The Morgan fingerprint density at radius 3 is 2.70 bits per heavy atom. The molecule has 1 amide bonds. The number of ether oxygens (including phenoxy) is 2. The molecule has 6 nitrogen and oxygen atoms in total. The molecule has 0 spiro atoms. The summed E-state index contributed by atoms with van der Waals surface area (Å²) in [6.07, 6.45) is 0. The summed E-state index contributed by atoms with van der Waals surface area (Å²) in [6.45, 7) is 0.460. The third-order valence-electron chi connectivity index (χ3n) is 3.61. The molecule has 0 aliphatic carbocycles. The zero-order valence-corrected chi connectivity index (χ0v) is 15.3. The number of halogens is 2. The van der Waals surface area contributed by atoms with E-state index >= 15 is 0 Å². The third-order valence-corrected chi connectivity index (χ3v) is 3.61. The molecule has 0 fully saturated rings. The lowest BCUT2D eigenvalue weighted by Gasteiger charge is -2.12. The quantitative estimate of drug-likeness (QED) is 0.545. The average molecular weight is 377 g/mol. The first-order valence-corrected chi connectivity index (χ1v) is 8.16. The molecule has 0 radical (unpaired) electrons. The molecular formula is C19H21F2N3O3. The van der Waals surface area contributed by atoms with E-state index in [4.69, 9.17) is 4.74 Å². The van der Waals surface area contributed by atoms with Crippen molar-refractivity contribution in [2.24, 2.45) is 5.10 Å². The van der Waals surface area contributed by atoms with Crippen molar-refractivity contribution in [3.63, 3.8) is 0 Å². The second-order valence-corrected chi connectivity index (χ2v) is 5.70. The molecule has 0 atom stereocenters. The molecule has 0 saturated heterocycles. The van der Waals surface area contributed by atoms with E-state index in [1.807, 2.05) is 6.92 Å². The van der Waals surface area contributed by atoms with Gasteiger partial charge in [-0.05, 0) is 38.1 Å². The fraction of sp³-hybridized carbons (Fsp3) is 0.263. The maximum Gasteiger partial charge on any atom is 0.387 e. The number of hydrazone groups is 1. The summed E-state index contributed by atoms with van der Waals surface area (Å²) >= 11 is 0. The summed E-state index contributed by atoms with van der Waals surface area (Å²) in [6, 6.07) is 11.9. The first-order chi connectivity index (χ1) is 12.9. The molecule has 0 aliphatic heterocycles. The van der Waals surface area contributed by atoms with Gasteiger partial charge in [0.25, 0.3) is 5.91 Å². The lowest BCUT2D eigenvalue weighted by atomic mass is 10.1. The minimum atomic E-state index is -2.94. The molecule has 2 rings (SSSR count). The van der Waals surface area contributed by atoms with Crippen LogP contribution in [0, 0.1) is 6.92 Å². The molecule has 0 aliphatic rings. The van der Waals surface area contributed by atoms with E-state index in [0.717, 1.165) is 11.3 Å². The Bertz CT molecular complexity index is 826. The van der Waals surface area contributed by atoms with Gasteiger partial charge in [0.1, 0.15) is 11.5 Å². The van der Waals surface area contributed by atoms with Gasteiger partial charge in [0.15, 0.2) is 0 Å². The number of amides is 1. The van der Waals surface area contributed by atoms with Crippen molar-refractivity contribution in [2.75, 3.05) is 19.0 Å². The van der Waals surface area contributed by atoms with Gasteiger partial charge in [-0.25, -0.2) is 5.43 Å². The van der Waals surface area contributed by atoms with Crippen molar-refractivity contribution in [1.29, 1.82) is 0 Å². The highest BCUT2D eigenvalue weighted by atomic mass is 19.3. The minimum absolute atomic E-state index is 0.000560. The highest BCUT2D eigenvalue weighted by Crippen LogP contribution is 2.23. The van der Waals surface area contributed by atoms with E-state index in [9.17, 15) is 13.6 Å². The van der Waals surface area contributed by atoms with Gasteiger partial charge >= 0.3 is 6.61 Å². The molecule has 0 saturated carbocycles. The number of aryl methyl sites for hydroxylation is 1. The summed E-state index contributed by atoms with van der Waals surface area (Å²) in [7, 11) is 1.56. The van der Waals surface area contributed by atoms with E-state index in [2.05, 4.69) is 20.6 Å². The van der Waals surface area contributed by atoms with Crippen LogP contribution in [0.5, 0.6) is 11.5 Å². The zero-order chi connectivity index (χ0) is 19.8. The maximum absolute atomic E-state index is 12.5. The standard InChI is InChI=1S/C19H21F2N3O3/c1-12-7-8-17(27-19(20)21)16(9-12)13(2)23-24-18(25)11-22-14-5-4-6-15(10-14)26-3/h4-10,19,22H,11H2,1-3H3,(H,24,25)/b23-13-. The number of hydrogen-bond acceptors (Lipinski definition) is 5. The highest BCUT2D eigenvalue weighted by Gasteiger charge is 2.12. The van der Waals surface area contributed by atoms with Crippen LogP contribution in [0.2, 0.25) is 0 Å². The molecule has 2 aromatic carbocycles. The van der Waals surface area contributed by atoms with E-state index in [1.54, 1.807) is 50.4 Å². The predicted octanol–water partition coefficient (Wildman–Crippen LogP) is 3.56. The van der Waals surface area contributed by atoms with Crippen molar-refractivity contribution in [3.8, 4) is 11.5 Å². The van der Waals surface area contributed by atoms with E-state index in [0.29, 0.717) is 17.0 Å². The van der Waals surface area contributed by atoms with Crippen LogP contribution >= 0.6 is 0 Å². The molecule has 144 valence electrons. The van der Waals surface area contributed by atoms with Crippen LogP contribution in [0.15, 0.2) is 47.6 Å². The van der Waals surface area contributed by atoms with Crippen LogP contribution in [0.25, 0.3) is 0 Å². The molecule has 8 heteroatoms. The van der Waals surface area contributed by atoms with Gasteiger partial charge in [-0.3, -0.25) is 4.79 Å². The van der Waals surface area contributed by atoms with Crippen molar-refractivity contribution >= 4 is 17.3 Å². The minimum Gasteiger partial charge on any atom is -0.497 e. The zero-order valence-electron chi connectivity index (χ0n) is 15.3. The second-order valence-electron chi connectivity index (χ2n) is 5.70. The van der Waals surface area contributed by atoms with Gasteiger partial charge in [-0.1, -0.05) is 17.7 Å².